The third-order valence-electron chi connectivity index (χ3n) is 5.62. The number of aromatic nitrogens is 2. The Balaban J connectivity index is 1.46. The van der Waals surface area contributed by atoms with Crippen molar-refractivity contribution in [2.45, 2.75) is 42.4 Å². The third-order valence-corrected chi connectivity index (χ3v) is 7.89. The first-order chi connectivity index (χ1) is 16.0. The van der Waals surface area contributed by atoms with Crippen LogP contribution >= 0.6 is 23.1 Å². The predicted octanol–water partition coefficient (Wildman–Crippen LogP) is 5.59. The molecule has 0 unspecified atom stereocenters. The van der Waals surface area contributed by atoms with Crippen molar-refractivity contribution in [1.29, 1.82) is 0 Å². The van der Waals surface area contributed by atoms with Gasteiger partial charge >= 0.3 is 0 Å². The Labute approximate surface area is 198 Å². The van der Waals surface area contributed by atoms with E-state index in [1.807, 2.05) is 31.2 Å². The van der Waals surface area contributed by atoms with E-state index in [1.165, 1.54) is 39.9 Å². The van der Waals surface area contributed by atoms with Crippen LogP contribution in [0.25, 0.3) is 10.2 Å². The molecule has 0 N–H and O–H groups in total. The average Bonchev–Trinajstić information content (AvgIpc) is 3.20. The van der Waals surface area contributed by atoms with Gasteiger partial charge in [0.15, 0.2) is 0 Å². The van der Waals surface area contributed by atoms with Crippen LogP contribution in [0.4, 0.5) is 5.69 Å². The topological polar surface area (TPSA) is 90.4 Å². The average molecular weight is 477 g/mol. The van der Waals surface area contributed by atoms with Gasteiger partial charge in [-0.05, 0) is 56.4 Å². The molecular weight excluding hydrogens is 456 g/mol. The normalized spacial score (nSPS) is 13.5. The van der Waals surface area contributed by atoms with Crippen LogP contribution in [-0.4, -0.2) is 20.8 Å². The first kappa shape index (κ1) is 21.5. The Kier molecular flexibility index (Phi) is 5.82. The predicted molar refractivity (Wildman–Crippen MR) is 132 cm³/mol. The Morgan fingerprint density at radius 1 is 1.18 bits per heavy atom. The van der Waals surface area contributed by atoms with Crippen LogP contribution in [0.3, 0.4) is 0 Å². The van der Waals surface area contributed by atoms with E-state index in [4.69, 9.17) is 0 Å². The number of fused-ring (bicyclic) bond motifs is 3. The molecule has 0 amide bonds. The Bertz CT molecular complexity index is 1460. The first-order valence-electron chi connectivity index (χ1n) is 10.6. The molecule has 0 spiro atoms. The van der Waals surface area contributed by atoms with E-state index in [0.717, 1.165) is 46.5 Å². The lowest BCUT2D eigenvalue weighted by Crippen LogP contribution is -2.18. The van der Waals surface area contributed by atoms with Crippen molar-refractivity contribution in [3.05, 3.63) is 90.8 Å². The van der Waals surface area contributed by atoms with E-state index in [2.05, 4.69) is 10.1 Å². The minimum absolute atomic E-state index is 0.00245. The van der Waals surface area contributed by atoms with Crippen LogP contribution in [0.5, 0.6) is 0 Å². The molecule has 0 atom stereocenters. The molecule has 0 fully saturated rings. The van der Waals surface area contributed by atoms with Crippen LogP contribution in [0.2, 0.25) is 0 Å². The zero-order chi connectivity index (χ0) is 22.9. The summed E-state index contributed by atoms with van der Waals surface area (Å²) in [6.07, 6.45) is 6.98. The molecule has 0 bridgehead atoms. The van der Waals surface area contributed by atoms with Gasteiger partial charge in [-0.3, -0.25) is 14.9 Å². The van der Waals surface area contributed by atoms with Gasteiger partial charge in [0.1, 0.15) is 11.2 Å². The first-order valence-corrected chi connectivity index (χ1v) is 12.2. The van der Waals surface area contributed by atoms with Crippen molar-refractivity contribution in [1.82, 2.24) is 9.66 Å². The molecule has 0 saturated heterocycles. The van der Waals surface area contributed by atoms with Gasteiger partial charge in [-0.1, -0.05) is 35.5 Å². The van der Waals surface area contributed by atoms with Crippen molar-refractivity contribution in [3.63, 3.8) is 0 Å². The van der Waals surface area contributed by atoms with E-state index in [1.54, 1.807) is 23.5 Å². The number of nitro benzene ring substituents is 1. The maximum atomic E-state index is 13.0. The highest BCUT2D eigenvalue weighted by atomic mass is 32.2. The van der Waals surface area contributed by atoms with Crippen molar-refractivity contribution in [2.24, 2.45) is 5.10 Å². The largest absolute Gasteiger partial charge is 0.283 e. The number of nitro groups is 1. The van der Waals surface area contributed by atoms with Gasteiger partial charge in [-0.15, -0.1) is 11.3 Å². The van der Waals surface area contributed by atoms with E-state index in [9.17, 15) is 14.9 Å². The van der Waals surface area contributed by atoms with Gasteiger partial charge in [-0.25, -0.2) is 4.98 Å². The van der Waals surface area contributed by atoms with Crippen LogP contribution in [-0.2, 0) is 12.8 Å². The molecule has 0 saturated carbocycles. The van der Waals surface area contributed by atoms with Crippen LogP contribution in [0.1, 0.15) is 34.4 Å². The molecule has 33 heavy (non-hydrogen) atoms. The van der Waals surface area contributed by atoms with Gasteiger partial charge in [0.05, 0.1) is 21.4 Å². The fourth-order valence-corrected chi connectivity index (χ4v) is 6.04. The van der Waals surface area contributed by atoms with Crippen molar-refractivity contribution >= 4 is 45.2 Å². The van der Waals surface area contributed by atoms with E-state index in [0.29, 0.717) is 15.8 Å². The molecule has 2 heterocycles. The minimum Gasteiger partial charge on any atom is -0.267 e. The molecule has 1 aliphatic rings. The van der Waals surface area contributed by atoms with Gasteiger partial charge in [0, 0.05) is 21.4 Å². The third kappa shape index (κ3) is 4.34. The van der Waals surface area contributed by atoms with E-state index >= 15 is 0 Å². The van der Waals surface area contributed by atoms with E-state index < -0.39 is 4.92 Å². The molecule has 166 valence electrons. The standard InChI is InChI=1S/C24H20N4O3S2/c1-15-6-9-17(10-7-15)32-21-11-8-16(12-19(21)28(30)31)13-26-27-14-25-23-22(24(27)29)18-4-2-3-5-20(18)33-23/h6-14H,2-5H2,1H3/b26-13-. The van der Waals surface area contributed by atoms with E-state index in [-0.39, 0.29) is 11.2 Å². The lowest BCUT2D eigenvalue weighted by atomic mass is 9.97. The second-order valence-corrected chi connectivity index (χ2v) is 10.1. The van der Waals surface area contributed by atoms with Gasteiger partial charge < -0.3 is 0 Å². The molecule has 9 heteroatoms. The lowest BCUT2D eigenvalue weighted by molar-refractivity contribution is -0.387. The Hall–Kier alpha value is -3.30. The second kappa shape index (κ2) is 8.92. The van der Waals surface area contributed by atoms with Crippen LogP contribution < -0.4 is 5.56 Å². The number of rotatable bonds is 5. The van der Waals surface area contributed by atoms with Gasteiger partial charge in [0.2, 0.25) is 0 Å². The summed E-state index contributed by atoms with van der Waals surface area (Å²) in [5.74, 6) is 0. The Morgan fingerprint density at radius 2 is 1.97 bits per heavy atom. The summed E-state index contributed by atoms with van der Waals surface area (Å²) in [6.45, 7) is 2.00. The Morgan fingerprint density at radius 3 is 2.76 bits per heavy atom. The summed E-state index contributed by atoms with van der Waals surface area (Å²) >= 11 is 2.93. The maximum Gasteiger partial charge on any atom is 0.283 e. The second-order valence-electron chi connectivity index (χ2n) is 7.93. The zero-order valence-corrected chi connectivity index (χ0v) is 19.5. The van der Waals surface area contributed by atoms with Crippen LogP contribution in [0.15, 0.2) is 68.5 Å². The smallest absolute Gasteiger partial charge is 0.267 e. The highest BCUT2D eigenvalue weighted by Crippen LogP contribution is 2.35. The number of aryl methyl sites for hydroxylation is 3. The number of nitrogens with zero attached hydrogens (tertiary/aromatic N) is 4. The van der Waals surface area contributed by atoms with Gasteiger partial charge in [0.25, 0.3) is 11.2 Å². The molecule has 4 aromatic rings. The molecule has 0 aliphatic heterocycles. The summed E-state index contributed by atoms with van der Waals surface area (Å²) in [6, 6.07) is 12.8. The quantitative estimate of drug-likeness (QED) is 0.213. The highest BCUT2D eigenvalue weighted by Gasteiger charge is 2.20. The zero-order valence-electron chi connectivity index (χ0n) is 17.9. The number of hydrogen-bond acceptors (Lipinski definition) is 7. The molecule has 7 nitrogen and oxygen atoms in total. The molecule has 2 aromatic carbocycles. The van der Waals surface area contributed by atoms with Crippen molar-refractivity contribution in [3.8, 4) is 0 Å². The summed E-state index contributed by atoms with van der Waals surface area (Å²) in [4.78, 5) is 32.2. The fourth-order valence-electron chi connectivity index (χ4n) is 3.93. The van der Waals surface area contributed by atoms with Crippen molar-refractivity contribution < 1.29 is 4.92 Å². The number of hydrogen-bond donors (Lipinski definition) is 0. The molecule has 0 radical (unpaired) electrons. The highest BCUT2D eigenvalue weighted by molar-refractivity contribution is 7.99. The summed E-state index contributed by atoms with van der Waals surface area (Å²) in [7, 11) is 0. The summed E-state index contributed by atoms with van der Waals surface area (Å²) in [5, 5.41) is 16.6. The molecular formula is C24H20N4O3S2. The molecule has 2 aromatic heterocycles. The lowest BCUT2D eigenvalue weighted by Gasteiger charge is -2.09. The van der Waals surface area contributed by atoms with Gasteiger partial charge in [-0.2, -0.15) is 9.78 Å². The minimum atomic E-state index is -0.398. The maximum absolute atomic E-state index is 13.0. The number of benzene rings is 2. The fraction of sp³-hybridized carbons (Fsp3) is 0.208. The summed E-state index contributed by atoms with van der Waals surface area (Å²) < 4.78 is 1.21. The van der Waals surface area contributed by atoms with Crippen LogP contribution in [0, 0.1) is 17.0 Å². The summed E-state index contributed by atoms with van der Waals surface area (Å²) in [5.41, 5.74) is 2.58. The monoisotopic (exact) mass is 476 g/mol. The molecule has 1 aliphatic carbocycles. The van der Waals surface area contributed by atoms with Crippen molar-refractivity contribution in [2.75, 3.05) is 0 Å². The SMILES string of the molecule is Cc1ccc(Sc2ccc(/C=N\n3cnc4sc5c(c4c3=O)CCCC5)cc2[N+](=O)[O-])cc1. The molecule has 5 rings (SSSR count). The number of thiophene rings is 1.